The van der Waals surface area contributed by atoms with Gasteiger partial charge >= 0.3 is 0 Å². The van der Waals surface area contributed by atoms with E-state index in [1.165, 1.54) is 53.7 Å². The summed E-state index contributed by atoms with van der Waals surface area (Å²) in [5.41, 5.74) is 7.78. The highest BCUT2D eigenvalue weighted by atomic mass is 15.1. The van der Waals surface area contributed by atoms with Gasteiger partial charge in [-0.15, -0.1) is 0 Å². The first kappa shape index (κ1) is 16.2. The van der Waals surface area contributed by atoms with E-state index in [0.29, 0.717) is 0 Å². The number of aryl methyl sites for hydroxylation is 2. The summed E-state index contributed by atoms with van der Waals surface area (Å²) < 4.78 is 0. The zero-order valence-corrected chi connectivity index (χ0v) is 14.9. The average molecular weight is 308 g/mol. The van der Waals surface area contributed by atoms with Crippen molar-refractivity contribution in [1.29, 1.82) is 0 Å². The van der Waals surface area contributed by atoms with Crippen molar-refractivity contribution >= 4 is 0 Å². The highest BCUT2D eigenvalue weighted by Gasteiger charge is 2.16. The molecule has 23 heavy (non-hydrogen) atoms. The Hall–Kier alpha value is -1.67. The third-order valence-corrected chi connectivity index (χ3v) is 5.33. The molecule has 0 saturated carbocycles. The van der Waals surface area contributed by atoms with Gasteiger partial charge in [0, 0.05) is 18.3 Å². The Morgan fingerprint density at radius 2 is 1.70 bits per heavy atom. The normalized spacial score (nSPS) is 16.7. The molecule has 122 valence electrons. The van der Waals surface area contributed by atoms with E-state index < -0.39 is 0 Å². The van der Waals surface area contributed by atoms with E-state index in [9.17, 15) is 0 Å². The molecular formula is C21H28N2. The van der Waals surface area contributed by atoms with Crippen LogP contribution < -0.4 is 0 Å². The molecule has 0 amide bonds. The highest BCUT2D eigenvalue weighted by molar-refractivity contribution is 5.63. The summed E-state index contributed by atoms with van der Waals surface area (Å²) in [6, 6.07) is 8.95. The summed E-state index contributed by atoms with van der Waals surface area (Å²) >= 11 is 0. The van der Waals surface area contributed by atoms with E-state index in [4.69, 9.17) is 0 Å². The SMILES string of the molecule is Cc1cc(-c2cc(CN3CCC(C)CC3)ccn2)cc(C)c1C. The number of rotatable bonds is 3. The third-order valence-electron chi connectivity index (χ3n) is 5.33. The van der Waals surface area contributed by atoms with Gasteiger partial charge < -0.3 is 0 Å². The number of hydrogen-bond donors (Lipinski definition) is 0. The fourth-order valence-electron chi connectivity index (χ4n) is 3.39. The first-order chi connectivity index (χ1) is 11.0. The molecule has 2 aromatic rings. The highest BCUT2D eigenvalue weighted by Crippen LogP contribution is 2.25. The van der Waals surface area contributed by atoms with Crippen LogP contribution in [0.3, 0.4) is 0 Å². The second kappa shape index (κ2) is 6.84. The molecule has 3 rings (SSSR count). The predicted octanol–water partition coefficient (Wildman–Crippen LogP) is 4.91. The summed E-state index contributed by atoms with van der Waals surface area (Å²) in [6.07, 6.45) is 4.62. The Labute approximate surface area is 140 Å². The molecule has 0 bridgehead atoms. The maximum Gasteiger partial charge on any atom is 0.0705 e. The molecule has 0 aliphatic carbocycles. The Balaban J connectivity index is 1.80. The zero-order chi connectivity index (χ0) is 16.4. The van der Waals surface area contributed by atoms with Crippen molar-refractivity contribution in [3.8, 4) is 11.3 Å². The van der Waals surface area contributed by atoms with Crippen molar-refractivity contribution in [2.24, 2.45) is 5.92 Å². The summed E-state index contributed by atoms with van der Waals surface area (Å²) in [5.74, 6) is 0.887. The summed E-state index contributed by atoms with van der Waals surface area (Å²) in [6.45, 7) is 12.4. The van der Waals surface area contributed by atoms with Crippen molar-refractivity contribution < 1.29 is 0 Å². The van der Waals surface area contributed by atoms with Crippen molar-refractivity contribution in [1.82, 2.24) is 9.88 Å². The van der Waals surface area contributed by atoms with Crippen LogP contribution in [0.25, 0.3) is 11.3 Å². The molecular weight excluding hydrogens is 280 g/mol. The van der Waals surface area contributed by atoms with Gasteiger partial charge in [-0.05, 0) is 99.1 Å². The molecule has 0 N–H and O–H groups in total. The maximum atomic E-state index is 4.61. The van der Waals surface area contributed by atoms with Gasteiger partial charge in [0.05, 0.1) is 5.69 Å². The van der Waals surface area contributed by atoms with E-state index in [1.807, 2.05) is 6.20 Å². The minimum absolute atomic E-state index is 0.887. The molecule has 0 radical (unpaired) electrons. The van der Waals surface area contributed by atoms with Crippen LogP contribution in [-0.4, -0.2) is 23.0 Å². The maximum absolute atomic E-state index is 4.61. The van der Waals surface area contributed by atoms with E-state index in [-0.39, 0.29) is 0 Å². The fraction of sp³-hybridized carbons (Fsp3) is 0.476. The summed E-state index contributed by atoms with van der Waals surface area (Å²) in [7, 11) is 0. The number of likely N-dealkylation sites (tertiary alicyclic amines) is 1. The first-order valence-corrected chi connectivity index (χ1v) is 8.78. The van der Waals surface area contributed by atoms with Gasteiger partial charge in [-0.25, -0.2) is 0 Å². The number of nitrogens with zero attached hydrogens (tertiary/aromatic N) is 2. The van der Waals surface area contributed by atoms with Gasteiger partial charge in [-0.1, -0.05) is 6.92 Å². The standard InChI is InChI=1S/C21H28N2/c1-15-6-9-23(10-7-15)14-19-5-8-22-21(13-19)20-11-16(2)18(4)17(3)12-20/h5,8,11-13,15H,6-7,9-10,14H2,1-4H3. The number of piperidine rings is 1. The van der Waals surface area contributed by atoms with E-state index in [2.05, 4.69) is 61.8 Å². The number of hydrogen-bond acceptors (Lipinski definition) is 2. The van der Waals surface area contributed by atoms with Gasteiger partial charge in [0.15, 0.2) is 0 Å². The van der Waals surface area contributed by atoms with Crippen LogP contribution in [0, 0.1) is 26.7 Å². The van der Waals surface area contributed by atoms with Crippen LogP contribution in [0.15, 0.2) is 30.5 Å². The fourth-order valence-corrected chi connectivity index (χ4v) is 3.39. The Morgan fingerprint density at radius 1 is 1.04 bits per heavy atom. The lowest BCUT2D eigenvalue weighted by Crippen LogP contribution is -2.32. The molecule has 0 atom stereocenters. The van der Waals surface area contributed by atoms with Crippen LogP contribution in [0.5, 0.6) is 0 Å². The second-order valence-electron chi connectivity index (χ2n) is 7.24. The Bertz CT molecular complexity index is 659. The molecule has 1 aromatic heterocycles. The molecule has 2 heterocycles. The van der Waals surface area contributed by atoms with Gasteiger partial charge in [0.25, 0.3) is 0 Å². The molecule has 1 fully saturated rings. The molecule has 0 spiro atoms. The van der Waals surface area contributed by atoms with Crippen LogP contribution in [0.2, 0.25) is 0 Å². The third kappa shape index (κ3) is 3.81. The van der Waals surface area contributed by atoms with Gasteiger partial charge in [-0.2, -0.15) is 0 Å². The lowest BCUT2D eigenvalue weighted by Gasteiger charge is -2.30. The monoisotopic (exact) mass is 308 g/mol. The largest absolute Gasteiger partial charge is 0.299 e. The predicted molar refractivity (Wildman–Crippen MR) is 97.6 cm³/mol. The molecule has 2 heteroatoms. The molecule has 1 saturated heterocycles. The van der Waals surface area contributed by atoms with Crippen molar-refractivity contribution in [3.63, 3.8) is 0 Å². The lowest BCUT2D eigenvalue weighted by atomic mass is 9.97. The minimum Gasteiger partial charge on any atom is -0.299 e. The lowest BCUT2D eigenvalue weighted by molar-refractivity contribution is 0.185. The van der Waals surface area contributed by atoms with Crippen molar-refractivity contribution in [2.75, 3.05) is 13.1 Å². The van der Waals surface area contributed by atoms with Gasteiger partial charge in [-0.3, -0.25) is 9.88 Å². The molecule has 1 aromatic carbocycles. The minimum atomic E-state index is 0.887. The number of benzene rings is 1. The van der Waals surface area contributed by atoms with Gasteiger partial charge in [0.1, 0.15) is 0 Å². The van der Waals surface area contributed by atoms with Crippen LogP contribution >= 0.6 is 0 Å². The average Bonchev–Trinajstić information content (AvgIpc) is 2.54. The number of pyridine rings is 1. The van der Waals surface area contributed by atoms with Crippen LogP contribution in [0.1, 0.15) is 42.0 Å². The Morgan fingerprint density at radius 3 is 2.35 bits per heavy atom. The molecule has 1 aliphatic heterocycles. The topological polar surface area (TPSA) is 16.1 Å². The van der Waals surface area contributed by atoms with Crippen LogP contribution in [-0.2, 0) is 6.54 Å². The number of aromatic nitrogens is 1. The summed E-state index contributed by atoms with van der Waals surface area (Å²) in [5, 5.41) is 0. The first-order valence-electron chi connectivity index (χ1n) is 8.78. The molecule has 1 aliphatic rings. The van der Waals surface area contributed by atoms with E-state index in [1.54, 1.807) is 0 Å². The van der Waals surface area contributed by atoms with Crippen molar-refractivity contribution in [3.05, 3.63) is 52.7 Å². The zero-order valence-electron chi connectivity index (χ0n) is 14.9. The Kier molecular flexibility index (Phi) is 4.82. The molecule has 2 nitrogen and oxygen atoms in total. The smallest absolute Gasteiger partial charge is 0.0705 e. The van der Waals surface area contributed by atoms with Crippen LogP contribution in [0.4, 0.5) is 0 Å². The molecule has 0 unspecified atom stereocenters. The van der Waals surface area contributed by atoms with Gasteiger partial charge in [0.2, 0.25) is 0 Å². The van der Waals surface area contributed by atoms with E-state index in [0.717, 1.165) is 18.2 Å². The van der Waals surface area contributed by atoms with E-state index >= 15 is 0 Å². The second-order valence-corrected chi connectivity index (χ2v) is 7.24. The summed E-state index contributed by atoms with van der Waals surface area (Å²) in [4.78, 5) is 7.18. The van der Waals surface area contributed by atoms with Crippen molar-refractivity contribution in [2.45, 2.75) is 47.1 Å². The quantitative estimate of drug-likeness (QED) is 0.801.